The van der Waals surface area contributed by atoms with Crippen molar-refractivity contribution in [3.8, 4) is 0 Å². The quantitative estimate of drug-likeness (QED) is 0.567. The summed E-state index contributed by atoms with van der Waals surface area (Å²) in [5.74, 6) is 0.0476. The fourth-order valence-corrected chi connectivity index (χ4v) is 6.47. The van der Waals surface area contributed by atoms with Gasteiger partial charge in [-0.2, -0.15) is 0 Å². The molecule has 1 amide bonds. The molecule has 3 aromatic carbocycles. The van der Waals surface area contributed by atoms with E-state index in [-0.39, 0.29) is 11.8 Å². The summed E-state index contributed by atoms with van der Waals surface area (Å²) in [5, 5.41) is 26.6. The minimum atomic E-state index is -1.35. The third kappa shape index (κ3) is 3.24. The molecule has 1 fully saturated rings. The number of hydrogen-bond acceptors (Lipinski definition) is 3. The molecule has 170 valence electrons. The van der Waals surface area contributed by atoms with Crippen molar-refractivity contribution in [2.45, 2.75) is 49.2 Å². The molecule has 0 aliphatic heterocycles. The second kappa shape index (κ2) is 7.82. The van der Waals surface area contributed by atoms with Crippen molar-refractivity contribution >= 4 is 5.91 Å². The Hall–Kier alpha value is -2.95. The first-order valence-electron chi connectivity index (χ1n) is 11.7. The Bertz CT molecular complexity index is 1170. The number of carbonyl (C=O) groups excluding carboxylic acids is 1. The normalized spacial score (nSPS) is 30.7. The van der Waals surface area contributed by atoms with Crippen LogP contribution in [0.15, 0.2) is 78.9 Å². The lowest BCUT2D eigenvalue weighted by Gasteiger charge is -2.59. The molecule has 2 aliphatic carbocycles. The van der Waals surface area contributed by atoms with Crippen molar-refractivity contribution in [1.29, 1.82) is 0 Å². The van der Waals surface area contributed by atoms with Crippen molar-refractivity contribution in [3.05, 3.63) is 107 Å². The van der Waals surface area contributed by atoms with E-state index in [4.69, 9.17) is 0 Å². The van der Waals surface area contributed by atoms with Crippen molar-refractivity contribution in [2.24, 2.45) is 5.92 Å². The summed E-state index contributed by atoms with van der Waals surface area (Å²) >= 11 is 0. The van der Waals surface area contributed by atoms with E-state index >= 15 is 0 Å². The van der Waals surface area contributed by atoms with E-state index in [0.29, 0.717) is 18.4 Å². The standard InChI is InChI=1S/C29H31NO3/c1-27(32)19-28(22-9-5-3-6-10-22)24(18-29(27,33)23-11-7-4-8-12-23)15-13-20-17-21(26(31)30-2)14-16-25(20)28/h3-12,14,16-17,24,32-33H,13,15,18-19H2,1-2H3,(H,30,31)/t24-,27-,28?,29-/m1/s1. The van der Waals surface area contributed by atoms with E-state index in [2.05, 4.69) is 23.5 Å². The van der Waals surface area contributed by atoms with Gasteiger partial charge in [-0.1, -0.05) is 66.7 Å². The molecule has 0 spiro atoms. The number of aliphatic hydroxyl groups is 2. The Balaban J connectivity index is 1.70. The fraction of sp³-hybridized carbons (Fsp3) is 0.345. The van der Waals surface area contributed by atoms with E-state index in [9.17, 15) is 15.0 Å². The van der Waals surface area contributed by atoms with Gasteiger partial charge in [-0.15, -0.1) is 0 Å². The fourth-order valence-electron chi connectivity index (χ4n) is 6.47. The Morgan fingerprint density at radius 2 is 1.58 bits per heavy atom. The molecule has 0 saturated heterocycles. The Kier molecular flexibility index (Phi) is 5.19. The van der Waals surface area contributed by atoms with Gasteiger partial charge >= 0.3 is 0 Å². The van der Waals surface area contributed by atoms with Crippen LogP contribution in [-0.4, -0.2) is 28.8 Å². The molecule has 1 unspecified atom stereocenters. The molecule has 0 heterocycles. The van der Waals surface area contributed by atoms with Gasteiger partial charge < -0.3 is 15.5 Å². The lowest BCUT2D eigenvalue weighted by atomic mass is 9.47. The highest BCUT2D eigenvalue weighted by Gasteiger charge is 2.62. The van der Waals surface area contributed by atoms with E-state index < -0.39 is 16.6 Å². The monoisotopic (exact) mass is 441 g/mol. The van der Waals surface area contributed by atoms with Crippen molar-refractivity contribution in [3.63, 3.8) is 0 Å². The van der Waals surface area contributed by atoms with Gasteiger partial charge in [-0.3, -0.25) is 4.79 Å². The summed E-state index contributed by atoms with van der Waals surface area (Å²) in [6, 6.07) is 25.9. The molecule has 0 radical (unpaired) electrons. The van der Waals surface area contributed by atoms with Gasteiger partial charge in [-0.25, -0.2) is 0 Å². The maximum absolute atomic E-state index is 12.3. The van der Waals surface area contributed by atoms with Crippen LogP contribution in [0, 0.1) is 5.92 Å². The molecule has 0 bridgehead atoms. The number of amides is 1. The van der Waals surface area contributed by atoms with Crippen LogP contribution in [-0.2, 0) is 17.4 Å². The third-order valence-electron chi connectivity index (χ3n) is 8.13. The maximum Gasteiger partial charge on any atom is 0.251 e. The highest BCUT2D eigenvalue weighted by atomic mass is 16.4. The van der Waals surface area contributed by atoms with E-state index in [0.717, 1.165) is 35.1 Å². The summed E-state index contributed by atoms with van der Waals surface area (Å²) in [6.45, 7) is 1.77. The minimum absolute atomic E-state index is 0.0946. The molecular formula is C29H31NO3. The second-order valence-corrected chi connectivity index (χ2v) is 9.91. The van der Waals surface area contributed by atoms with E-state index in [1.165, 1.54) is 0 Å². The zero-order valence-corrected chi connectivity index (χ0v) is 19.2. The molecule has 4 atom stereocenters. The number of fused-ring (bicyclic) bond motifs is 3. The Morgan fingerprint density at radius 3 is 2.21 bits per heavy atom. The lowest BCUT2D eigenvalue weighted by Crippen LogP contribution is -2.62. The average molecular weight is 442 g/mol. The van der Waals surface area contributed by atoms with Crippen LogP contribution in [0.2, 0.25) is 0 Å². The number of aryl methyl sites for hydroxylation is 1. The van der Waals surface area contributed by atoms with Crippen LogP contribution in [0.1, 0.15) is 58.8 Å². The molecule has 4 nitrogen and oxygen atoms in total. The van der Waals surface area contributed by atoms with Gasteiger partial charge in [-0.05, 0) is 72.9 Å². The molecule has 2 aliphatic rings. The average Bonchev–Trinajstić information content (AvgIpc) is 2.85. The Labute approximate surface area is 195 Å². The summed E-state index contributed by atoms with van der Waals surface area (Å²) in [7, 11) is 1.64. The van der Waals surface area contributed by atoms with Crippen LogP contribution in [0.3, 0.4) is 0 Å². The predicted molar refractivity (Wildman–Crippen MR) is 129 cm³/mol. The van der Waals surface area contributed by atoms with Gasteiger partial charge in [0, 0.05) is 18.0 Å². The van der Waals surface area contributed by atoms with Crippen LogP contribution in [0.4, 0.5) is 0 Å². The number of rotatable bonds is 3. The van der Waals surface area contributed by atoms with Gasteiger partial charge in [0.05, 0.1) is 5.60 Å². The topological polar surface area (TPSA) is 69.6 Å². The van der Waals surface area contributed by atoms with Crippen LogP contribution in [0.25, 0.3) is 0 Å². The largest absolute Gasteiger partial charge is 0.387 e. The summed E-state index contributed by atoms with van der Waals surface area (Å²) < 4.78 is 0. The molecule has 1 saturated carbocycles. The number of nitrogens with one attached hydrogen (secondary N) is 1. The highest BCUT2D eigenvalue weighted by molar-refractivity contribution is 5.94. The zero-order valence-electron chi connectivity index (χ0n) is 19.2. The molecule has 5 rings (SSSR count). The zero-order chi connectivity index (χ0) is 23.3. The maximum atomic E-state index is 12.3. The number of hydrogen-bond donors (Lipinski definition) is 3. The molecule has 0 aromatic heterocycles. The van der Waals surface area contributed by atoms with Crippen molar-refractivity contribution in [2.75, 3.05) is 7.05 Å². The van der Waals surface area contributed by atoms with Gasteiger partial charge in [0.25, 0.3) is 5.91 Å². The smallest absolute Gasteiger partial charge is 0.251 e. The van der Waals surface area contributed by atoms with E-state index in [1.54, 1.807) is 14.0 Å². The Morgan fingerprint density at radius 1 is 0.939 bits per heavy atom. The van der Waals surface area contributed by atoms with Crippen LogP contribution in [0.5, 0.6) is 0 Å². The van der Waals surface area contributed by atoms with Crippen molar-refractivity contribution < 1.29 is 15.0 Å². The SMILES string of the molecule is CNC(=O)c1ccc2c(c1)CC[C@@H]1C[C@@](O)(c3ccccc3)[C@](C)(O)CC21c1ccccc1. The number of benzene rings is 3. The second-order valence-electron chi connectivity index (χ2n) is 9.91. The van der Waals surface area contributed by atoms with Gasteiger partial charge in [0.2, 0.25) is 0 Å². The third-order valence-corrected chi connectivity index (χ3v) is 8.13. The lowest BCUT2D eigenvalue weighted by molar-refractivity contribution is -0.199. The first-order valence-corrected chi connectivity index (χ1v) is 11.7. The molecule has 4 heteroatoms. The highest BCUT2D eigenvalue weighted by Crippen LogP contribution is 2.61. The first-order chi connectivity index (χ1) is 15.8. The van der Waals surface area contributed by atoms with Crippen molar-refractivity contribution in [1.82, 2.24) is 5.32 Å². The summed E-state index contributed by atoms with van der Waals surface area (Å²) in [4.78, 5) is 12.3. The first kappa shape index (κ1) is 21.9. The van der Waals surface area contributed by atoms with Gasteiger partial charge in [0.1, 0.15) is 5.60 Å². The minimum Gasteiger partial charge on any atom is -0.387 e. The van der Waals surface area contributed by atoms with Gasteiger partial charge in [0.15, 0.2) is 0 Å². The van der Waals surface area contributed by atoms with E-state index in [1.807, 2.05) is 60.7 Å². The molecule has 3 N–H and O–H groups in total. The predicted octanol–water partition coefficient (Wildman–Crippen LogP) is 4.33. The molecular weight excluding hydrogens is 410 g/mol. The number of carbonyl (C=O) groups is 1. The summed E-state index contributed by atoms with van der Waals surface area (Å²) in [5.41, 5.74) is 1.74. The molecule has 33 heavy (non-hydrogen) atoms. The molecule has 3 aromatic rings. The van der Waals surface area contributed by atoms with Crippen LogP contribution >= 0.6 is 0 Å². The summed E-state index contributed by atoms with van der Waals surface area (Å²) in [6.07, 6.45) is 2.58. The van der Waals surface area contributed by atoms with Crippen LogP contribution < -0.4 is 5.32 Å².